The van der Waals surface area contributed by atoms with Gasteiger partial charge in [0.2, 0.25) is 0 Å². The van der Waals surface area contributed by atoms with Gasteiger partial charge in [0, 0.05) is 45.7 Å². The molecule has 4 aromatic rings. The number of Topliss-reactive ketones (excluding diaryl/α,β-unsaturated/α-hetero) is 1. The third-order valence-electron chi connectivity index (χ3n) is 5.17. The van der Waals surface area contributed by atoms with Crippen LogP contribution in [0.25, 0.3) is 10.9 Å². The van der Waals surface area contributed by atoms with E-state index in [9.17, 15) is 4.79 Å². The van der Waals surface area contributed by atoms with Crippen LogP contribution in [-0.4, -0.2) is 31.1 Å². The molecule has 0 atom stereocenters. The van der Waals surface area contributed by atoms with E-state index in [0.29, 0.717) is 36.2 Å². The van der Waals surface area contributed by atoms with Crippen molar-refractivity contribution < 1.29 is 19.0 Å². The van der Waals surface area contributed by atoms with Gasteiger partial charge in [-0.2, -0.15) is 0 Å². The van der Waals surface area contributed by atoms with Gasteiger partial charge in [-0.1, -0.05) is 48.0 Å². The summed E-state index contributed by atoms with van der Waals surface area (Å²) in [6, 6.07) is 20.9. The maximum absolute atomic E-state index is 13.0. The third-order valence-corrected chi connectivity index (χ3v) is 5.40. The Bertz CT molecular complexity index is 1200. The zero-order valence-corrected chi connectivity index (χ0v) is 18.5. The van der Waals surface area contributed by atoms with Crippen LogP contribution in [0.15, 0.2) is 72.9 Å². The second-order valence-corrected chi connectivity index (χ2v) is 7.79. The van der Waals surface area contributed by atoms with Crippen LogP contribution < -0.4 is 9.47 Å². The van der Waals surface area contributed by atoms with Crippen LogP contribution in [0.5, 0.6) is 11.5 Å². The van der Waals surface area contributed by atoms with E-state index in [1.807, 2.05) is 54.6 Å². The zero-order chi connectivity index (χ0) is 22.3. The molecule has 1 N–H and O–H groups in total. The van der Waals surface area contributed by atoms with Gasteiger partial charge < -0.3 is 19.2 Å². The van der Waals surface area contributed by atoms with Gasteiger partial charge in [-0.05, 0) is 29.8 Å². The van der Waals surface area contributed by atoms with Crippen LogP contribution >= 0.6 is 11.6 Å². The van der Waals surface area contributed by atoms with Crippen LogP contribution in [0.3, 0.4) is 0 Å². The first-order valence-corrected chi connectivity index (χ1v) is 10.7. The van der Waals surface area contributed by atoms with Gasteiger partial charge in [0.15, 0.2) is 5.78 Å². The second-order valence-electron chi connectivity index (χ2n) is 7.35. The lowest BCUT2D eigenvalue weighted by atomic mass is 10.0. The van der Waals surface area contributed by atoms with Gasteiger partial charge in [0.25, 0.3) is 0 Å². The fraction of sp³-hybridized carbons (Fsp3) is 0.192. The van der Waals surface area contributed by atoms with Crippen molar-refractivity contribution >= 4 is 28.3 Å². The SMILES string of the molecule is COc1ccc2c(C(=O)Cc3ccc(Cl)cc3OCCOCc3ccccc3)c[nH]c2c1. The van der Waals surface area contributed by atoms with Gasteiger partial charge in [-0.15, -0.1) is 0 Å². The monoisotopic (exact) mass is 449 g/mol. The average Bonchev–Trinajstić information content (AvgIpc) is 3.24. The highest BCUT2D eigenvalue weighted by atomic mass is 35.5. The number of ketones is 1. The quantitative estimate of drug-likeness (QED) is 0.243. The Hall–Kier alpha value is -3.28. The molecule has 6 heteroatoms. The van der Waals surface area contributed by atoms with Crippen molar-refractivity contribution in [1.29, 1.82) is 0 Å². The molecule has 0 saturated heterocycles. The summed E-state index contributed by atoms with van der Waals surface area (Å²) in [5.41, 5.74) is 3.38. The molecule has 0 saturated carbocycles. The first kappa shape index (κ1) is 21.9. The molecular formula is C26H24ClNO4. The standard InChI is InChI=1S/C26H24ClNO4/c1-30-21-9-10-22-23(16-28-24(22)15-21)25(29)13-19-7-8-20(27)14-26(19)32-12-11-31-17-18-5-3-2-4-6-18/h2-10,14-16,28H,11-13,17H2,1H3. The Morgan fingerprint density at radius 2 is 1.84 bits per heavy atom. The number of rotatable bonds is 10. The molecule has 0 spiro atoms. The summed E-state index contributed by atoms with van der Waals surface area (Å²) in [5.74, 6) is 1.32. The number of methoxy groups -OCH3 is 1. The maximum Gasteiger partial charge on any atom is 0.169 e. The van der Waals surface area contributed by atoms with Crippen molar-refractivity contribution in [2.75, 3.05) is 20.3 Å². The molecule has 4 rings (SSSR count). The van der Waals surface area contributed by atoms with Crippen molar-refractivity contribution in [3.05, 3.63) is 94.6 Å². The van der Waals surface area contributed by atoms with E-state index in [1.54, 1.807) is 25.4 Å². The number of ether oxygens (including phenoxy) is 3. The molecule has 164 valence electrons. The van der Waals surface area contributed by atoms with Gasteiger partial charge in [-0.3, -0.25) is 4.79 Å². The molecule has 0 aliphatic rings. The molecule has 0 unspecified atom stereocenters. The fourth-order valence-electron chi connectivity index (χ4n) is 3.51. The van der Waals surface area contributed by atoms with E-state index in [2.05, 4.69) is 4.98 Å². The molecule has 1 heterocycles. The fourth-order valence-corrected chi connectivity index (χ4v) is 3.68. The van der Waals surface area contributed by atoms with E-state index >= 15 is 0 Å². The summed E-state index contributed by atoms with van der Waals surface area (Å²) < 4.78 is 16.8. The average molecular weight is 450 g/mol. The molecule has 0 amide bonds. The molecule has 0 fully saturated rings. The number of aromatic nitrogens is 1. The predicted molar refractivity (Wildman–Crippen MR) is 126 cm³/mol. The number of benzene rings is 3. The first-order chi connectivity index (χ1) is 15.6. The van der Waals surface area contributed by atoms with Gasteiger partial charge in [-0.25, -0.2) is 0 Å². The molecule has 32 heavy (non-hydrogen) atoms. The van der Waals surface area contributed by atoms with Crippen LogP contribution in [0.1, 0.15) is 21.5 Å². The minimum atomic E-state index is -0.00563. The van der Waals surface area contributed by atoms with Gasteiger partial charge >= 0.3 is 0 Å². The number of nitrogens with one attached hydrogen (secondary N) is 1. The summed E-state index contributed by atoms with van der Waals surface area (Å²) in [6.07, 6.45) is 1.94. The zero-order valence-electron chi connectivity index (χ0n) is 17.8. The highest BCUT2D eigenvalue weighted by molar-refractivity contribution is 6.30. The minimum absolute atomic E-state index is 0.00563. The van der Waals surface area contributed by atoms with Crippen LogP contribution in [0.2, 0.25) is 5.02 Å². The Morgan fingerprint density at radius 3 is 2.66 bits per heavy atom. The molecule has 0 aliphatic heterocycles. The Kier molecular flexibility index (Phi) is 7.10. The number of fused-ring (bicyclic) bond motifs is 1. The first-order valence-electron chi connectivity index (χ1n) is 10.4. The largest absolute Gasteiger partial charge is 0.497 e. The minimum Gasteiger partial charge on any atom is -0.497 e. The lowest BCUT2D eigenvalue weighted by Gasteiger charge is -2.12. The second kappa shape index (κ2) is 10.4. The van der Waals surface area contributed by atoms with Crippen LogP contribution in [0.4, 0.5) is 0 Å². The molecule has 0 aliphatic carbocycles. The topological polar surface area (TPSA) is 60.6 Å². The number of carbonyl (C=O) groups excluding carboxylic acids is 1. The summed E-state index contributed by atoms with van der Waals surface area (Å²) in [4.78, 5) is 16.2. The Balaban J connectivity index is 1.40. The number of H-pyrrole nitrogens is 1. The summed E-state index contributed by atoms with van der Waals surface area (Å²) in [5, 5.41) is 1.42. The maximum atomic E-state index is 13.0. The normalized spacial score (nSPS) is 10.9. The smallest absolute Gasteiger partial charge is 0.169 e. The summed E-state index contributed by atoms with van der Waals surface area (Å²) in [7, 11) is 1.62. The van der Waals surface area contributed by atoms with Crippen molar-refractivity contribution in [3.8, 4) is 11.5 Å². The molecule has 0 radical (unpaired) electrons. The number of carbonyl (C=O) groups is 1. The Morgan fingerprint density at radius 1 is 1.00 bits per heavy atom. The molecular weight excluding hydrogens is 426 g/mol. The van der Waals surface area contributed by atoms with Crippen molar-refractivity contribution in [2.45, 2.75) is 13.0 Å². The highest BCUT2D eigenvalue weighted by Gasteiger charge is 2.16. The van der Waals surface area contributed by atoms with Crippen molar-refractivity contribution in [3.63, 3.8) is 0 Å². The van der Waals surface area contributed by atoms with E-state index in [-0.39, 0.29) is 12.2 Å². The Labute approximate surface area is 191 Å². The van der Waals surface area contributed by atoms with Gasteiger partial charge in [0.1, 0.15) is 18.1 Å². The predicted octanol–water partition coefficient (Wildman–Crippen LogP) is 5.85. The lowest BCUT2D eigenvalue weighted by molar-refractivity contribution is 0.0883. The summed E-state index contributed by atoms with van der Waals surface area (Å²) in [6.45, 7) is 1.32. The van der Waals surface area contributed by atoms with E-state index in [1.165, 1.54) is 0 Å². The van der Waals surface area contributed by atoms with Crippen LogP contribution in [-0.2, 0) is 17.8 Å². The number of hydrogen-bond acceptors (Lipinski definition) is 4. The third kappa shape index (κ3) is 5.31. The van der Waals surface area contributed by atoms with E-state index < -0.39 is 0 Å². The number of aromatic amines is 1. The molecule has 3 aromatic carbocycles. The lowest BCUT2D eigenvalue weighted by Crippen LogP contribution is -2.10. The highest BCUT2D eigenvalue weighted by Crippen LogP contribution is 2.28. The molecule has 1 aromatic heterocycles. The van der Waals surface area contributed by atoms with Gasteiger partial charge in [0.05, 0.1) is 20.3 Å². The van der Waals surface area contributed by atoms with E-state index in [4.69, 9.17) is 25.8 Å². The molecule has 5 nitrogen and oxygen atoms in total. The van der Waals surface area contributed by atoms with Crippen LogP contribution in [0, 0.1) is 0 Å². The van der Waals surface area contributed by atoms with E-state index in [0.717, 1.165) is 27.8 Å². The summed E-state index contributed by atoms with van der Waals surface area (Å²) >= 11 is 6.17. The van der Waals surface area contributed by atoms with Crippen molar-refractivity contribution in [2.24, 2.45) is 0 Å². The van der Waals surface area contributed by atoms with Crippen molar-refractivity contribution in [1.82, 2.24) is 4.98 Å². The number of halogens is 1. The molecule has 0 bridgehead atoms. The number of hydrogen-bond donors (Lipinski definition) is 1.